The van der Waals surface area contributed by atoms with Crippen molar-refractivity contribution in [1.82, 2.24) is 5.32 Å². The van der Waals surface area contributed by atoms with Gasteiger partial charge in [-0.05, 0) is 73.0 Å². The molecule has 1 amide bonds. The van der Waals surface area contributed by atoms with Gasteiger partial charge in [-0.15, -0.1) is 0 Å². The van der Waals surface area contributed by atoms with E-state index >= 15 is 0 Å². The number of rotatable bonds is 8. The smallest absolute Gasteiger partial charge is 0.264 e. The maximum Gasteiger partial charge on any atom is 0.264 e. The maximum atomic E-state index is 13.6. The normalized spacial score (nSPS) is 13.2. The number of nitrogens with zero attached hydrogens (tertiary/aromatic N) is 2. The third-order valence-corrected chi connectivity index (χ3v) is 7.21. The van der Waals surface area contributed by atoms with Crippen molar-refractivity contribution in [3.8, 4) is 0 Å². The van der Waals surface area contributed by atoms with Crippen LogP contribution in [0.25, 0.3) is 0 Å². The number of anilines is 2. The lowest BCUT2D eigenvalue weighted by molar-refractivity contribution is 0.0950. The summed E-state index contributed by atoms with van der Waals surface area (Å²) in [5.74, 6) is -0.823. The molecule has 190 valence electrons. The molecule has 0 saturated heterocycles. The van der Waals surface area contributed by atoms with Crippen LogP contribution in [0.3, 0.4) is 0 Å². The predicted octanol–water partition coefficient (Wildman–Crippen LogP) is 5.38. The molecule has 0 unspecified atom stereocenters. The van der Waals surface area contributed by atoms with Crippen LogP contribution in [-0.2, 0) is 23.0 Å². The van der Waals surface area contributed by atoms with E-state index in [9.17, 15) is 17.6 Å². The van der Waals surface area contributed by atoms with E-state index in [-0.39, 0.29) is 22.8 Å². The summed E-state index contributed by atoms with van der Waals surface area (Å²) in [6.45, 7) is 4.00. The number of allylic oxidation sites excluding steroid dienone is 2. The van der Waals surface area contributed by atoms with Crippen molar-refractivity contribution < 1.29 is 17.6 Å². The molecule has 7 nitrogen and oxygen atoms in total. The summed E-state index contributed by atoms with van der Waals surface area (Å²) in [5, 5.41) is 2.76. The summed E-state index contributed by atoms with van der Waals surface area (Å²) in [6, 6.07) is 17.4. The molecule has 0 radical (unpaired) electrons. The first-order valence-electron chi connectivity index (χ1n) is 11.7. The fraction of sp³-hybridized carbons (Fsp3) is 0.143. The van der Waals surface area contributed by atoms with Crippen LogP contribution < -0.4 is 14.9 Å². The lowest BCUT2D eigenvalue weighted by Gasteiger charge is -2.24. The highest BCUT2D eigenvalue weighted by Gasteiger charge is 2.25. The minimum Gasteiger partial charge on any atom is -0.348 e. The number of halogens is 1. The highest BCUT2D eigenvalue weighted by Crippen LogP contribution is 2.31. The van der Waals surface area contributed by atoms with Crippen molar-refractivity contribution in [2.75, 3.05) is 9.62 Å². The monoisotopic (exact) mass is 518 g/mol. The summed E-state index contributed by atoms with van der Waals surface area (Å²) in [6.07, 6.45) is 7.46. The van der Waals surface area contributed by atoms with Crippen LogP contribution in [0.5, 0.6) is 0 Å². The summed E-state index contributed by atoms with van der Waals surface area (Å²) in [4.78, 5) is 18.7. The zero-order valence-electron chi connectivity index (χ0n) is 20.5. The van der Waals surface area contributed by atoms with E-state index < -0.39 is 15.9 Å². The first-order chi connectivity index (χ1) is 17.8. The van der Waals surface area contributed by atoms with Crippen molar-refractivity contribution in [3.63, 3.8) is 0 Å². The van der Waals surface area contributed by atoms with Crippen LogP contribution in [0.1, 0.15) is 35.3 Å². The third-order valence-electron chi connectivity index (χ3n) is 5.80. The molecule has 2 N–H and O–H groups in total. The summed E-state index contributed by atoms with van der Waals surface area (Å²) < 4.78 is 43.0. The van der Waals surface area contributed by atoms with Gasteiger partial charge in [0.2, 0.25) is 0 Å². The Bertz CT molecular complexity index is 1480. The molecule has 0 spiro atoms. The minimum atomic E-state index is -4.09. The first-order valence-corrected chi connectivity index (χ1v) is 13.2. The Kier molecular flexibility index (Phi) is 7.83. The molecule has 4 rings (SSSR count). The molecule has 0 atom stereocenters. The first kappa shape index (κ1) is 25.8. The van der Waals surface area contributed by atoms with Gasteiger partial charge in [0.05, 0.1) is 5.69 Å². The average molecular weight is 519 g/mol. The quantitative estimate of drug-likeness (QED) is 0.419. The fourth-order valence-electron chi connectivity index (χ4n) is 3.75. The Balaban J connectivity index is 1.69. The Morgan fingerprint density at radius 3 is 2.41 bits per heavy atom. The Labute approximate surface area is 216 Å². The molecule has 37 heavy (non-hydrogen) atoms. The average Bonchev–Trinajstić information content (AvgIpc) is 3.12. The zero-order chi connectivity index (χ0) is 26.4. The molecule has 1 aliphatic heterocycles. The molecule has 9 heteroatoms. The number of hydrogen-bond donors (Lipinski definition) is 2. The molecular weight excluding hydrogens is 491 g/mol. The second kappa shape index (κ2) is 11.2. The Morgan fingerprint density at radius 1 is 1.00 bits per heavy atom. The molecule has 0 bridgehead atoms. The van der Waals surface area contributed by atoms with E-state index in [1.54, 1.807) is 66.0 Å². The second-order valence-electron chi connectivity index (χ2n) is 8.43. The number of aliphatic imine (C=N–C) groups is 1. The highest BCUT2D eigenvalue weighted by molar-refractivity contribution is 7.92. The number of sulfonamides is 1. The predicted molar refractivity (Wildman–Crippen MR) is 145 cm³/mol. The van der Waals surface area contributed by atoms with Crippen LogP contribution in [-0.4, -0.2) is 20.5 Å². The fourth-order valence-corrected chi connectivity index (χ4v) is 5.03. The van der Waals surface area contributed by atoms with Crippen LogP contribution in [0.15, 0.2) is 101 Å². The maximum absolute atomic E-state index is 13.6. The summed E-state index contributed by atoms with van der Waals surface area (Å²) >= 11 is 0. The number of nitrogens with one attached hydrogen (secondary N) is 2. The van der Waals surface area contributed by atoms with Gasteiger partial charge >= 0.3 is 0 Å². The van der Waals surface area contributed by atoms with Crippen molar-refractivity contribution in [1.29, 1.82) is 0 Å². The Morgan fingerprint density at radius 2 is 1.70 bits per heavy atom. The van der Waals surface area contributed by atoms with Crippen LogP contribution in [0.4, 0.5) is 15.8 Å². The molecule has 0 fully saturated rings. The lowest BCUT2D eigenvalue weighted by atomic mass is 10.1. The number of hydrogen-bond acceptors (Lipinski definition) is 5. The van der Waals surface area contributed by atoms with Gasteiger partial charge in [-0.25, -0.2) is 12.8 Å². The topological polar surface area (TPSA) is 90.9 Å². The third kappa shape index (κ3) is 6.31. The van der Waals surface area contributed by atoms with Gasteiger partial charge in [0.25, 0.3) is 15.9 Å². The standard InChI is InChI=1S/C28H27FN4O3S/c1-3-21-7-12-25(13-8-21)32-37(35,36)27-17-23(28(34)31-19-22-5-10-24(29)11-6-22)9-14-26(27)33-16-4-15-30-18-20(33)2/h4-18,32H,3,19H2,1-2H3,(H,31,34). The molecule has 0 aliphatic carbocycles. The molecule has 0 saturated carbocycles. The van der Waals surface area contributed by atoms with Crippen molar-refractivity contribution in [3.05, 3.63) is 113 Å². The molecule has 3 aromatic rings. The summed E-state index contributed by atoms with van der Waals surface area (Å²) in [7, 11) is -4.09. The number of amides is 1. The Hall–Kier alpha value is -4.24. The van der Waals surface area contributed by atoms with E-state index in [1.807, 2.05) is 26.0 Å². The molecular formula is C28H27FN4O3S. The molecule has 3 aromatic carbocycles. The number of carbonyl (C=O) groups is 1. The van der Waals surface area contributed by atoms with Gasteiger partial charge in [-0.2, -0.15) is 0 Å². The van der Waals surface area contributed by atoms with Crippen molar-refractivity contribution in [2.24, 2.45) is 4.99 Å². The van der Waals surface area contributed by atoms with E-state index in [2.05, 4.69) is 15.0 Å². The number of aryl methyl sites for hydroxylation is 1. The number of benzene rings is 3. The van der Waals surface area contributed by atoms with Gasteiger partial charge in [-0.3, -0.25) is 14.5 Å². The number of carbonyl (C=O) groups excluding carboxylic acids is 1. The van der Waals surface area contributed by atoms with Crippen molar-refractivity contribution in [2.45, 2.75) is 31.7 Å². The SMILES string of the molecule is CCc1ccc(NS(=O)(=O)c2cc(C(=O)NCc3ccc(F)cc3)ccc2N2C=CC=NC=C2C)cc1. The van der Waals surface area contributed by atoms with Gasteiger partial charge in [-0.1, -0.05) is 31.2 Å². The zero-order valence-corrected chi connectivity index (χ0v) is 21.3. The largest absolute Gasteiger partial charge is 0.348 e. The highest BCUT2D eigenvalue weighted by atomic mass is 32.2. The van der Waals surface area contributed by atoms with Gasteiger partial charge in [0, 0.05) is 42.1 Å². The van der Waals surface area contributed by atoms with Gasteiger partial charge in [0.15, 0.2) is 0 Å². The van der Waals surface area contributed by atoms with E-state index in [0.29, 0.717) is 22.6 Å². The van der Waals surface area contributed by atoms with Crippen LogP contribution >= 0.6 is 0 Å². The molecule has 1 aliphatic rings. The van der Waals surface area contributed by atoms with Gasteiger partial charge in [0.1, 0.15) is 10.7 Å². The van der Waals surface area contributed by atoms with E-state index in [1.165, 1.54) is 18.2 Å². The minimum absolute atomic E-state index is 0.0687. The molecule has 0 aromatic heterocycles. The second-order valence-corrected chi connectivity index (χ2v) is 10.1. The van der Waals surface area contributed by atoms with Crippen LogP contribution in [0.2, 0.25) is 0 Å². The van der Waals surface area contributed by atoms with Crippen molar-refractivity contribution >= 4 is 33.5 Å². The van der Waals surface area contributed by atoms with E-state index in [4.69, 9.17) is 0 Å². The molecule has 1 heterocycles. The van der Waals surface area contributed by atoms with Gasteiger partial charge < -0.3 is 10.2 Å². The summed E-state index contributed by atoms with van der Waals surface area (Å²) in [5.41, 5.74) is 3.44. The van der Waals surface area contributed by atoms with Crippen LogP contribution in [0, 0.1) is 5.82 Å². The lowest BCUT2D eigenvalue weighted by Crippen LogP contribution is -2.25. The van der Waals surface area contributed by atoms with E-state index in [0.717, 1.165) is 12.0 Å².